The van der Waals surface area contributed by atoms with Crippen LogP contribution < -0.4 is 0 Å². The van der Waals surface area contributed by atoms with Gasteiger partial charge < -0.3 is 4.74 Å². The minimum absolute atomic E-state index is 0.0708. The lowest BCUT2D eigenvalue weighted by atomic mass is 9.98. The number of hydrogen-bond acceptors (Lipinski definition) is 5. The van der Waals surface area contributed by atoms with E-state index in [4.69, 9.17) is 16.3 Å². The molecule has 2 aromatic rings. The summed E-state index contributed by atoms with van der Waals surface area (Å²) < 4.78 is 71.2. The first-order chi connectivity index (χ1) is 15.0. The number of rotatable bonds is 6. The average Bonchev–Trinajstić information content (AvgIpc) is 2.77. The van der Waals surface area contributed by atoms with Crippen molar-refractivity contribution in [3.05, 3.63) is 64.7 Å². The number of alkyl halides is 3. The monoisotopic (exact) mass is 489 g/mol. The summed E-state index contributed by atoms with van der Waals surface area (Å²) in [6.07, 6.45) is -4.68. The molecule has 0 N–H and O–H groups in total. The SMILES string of the molecule is O=C(COC(=O)C1CCN(S(=O)(=O)c2ccccc2C(F)(F)F)CC1)c1ccc(Cl)cc1. The van der Waals surface area contributed by atoms with Gasteiger partial charge in [0.15, 0.2) is 12.4 Å². The van der Waals surface area contributed by atoms with Gasteiger partial charge in [0, 0.05) is 23.7 Å². The molecule has 0 radical (unpaired) electrons. The third-order valence-corrected chi connectivity index (χ3v) is 7.32. The van der Waals surface area contributed by atoms with Gasteiger partial charge in [0.25, 0.3) is 0 Å². The van der Waals surface area contributed by atoms with Crippen LogP contribution in [0.2, 0.25) is 5.02 Å². The Labute approximate surface area is 188 Å². The van der Waals surface area contributed by atoms with Crippen molar-refractivity contribution in [2.75, 3.05) is 19.7 Å². The van der Waals surface area contributed by atoms with Gasteiger partial charge in [-0.15, -0.1) is 0 Å². The van der Waals surface area contributed by atoms with Crippen molar-refractivity contribution >= 4 is 33.4 Å². The predicted molar refractivity (Wildman–Crippen MR) is 110 cm³/mol. The second-order valence-electron chi connectivity index (χ2n) is 7.21. The standard InChI is InChI=1S/C21H19ClF3NO5S/c22-16-7-5-14(6-8-16)18(27)13-31-20(28)15-9-11-26(12-10-15)32(29,30)19-4-2-1-3-17(19)21(23,24)25/h1-8,15H,9-13H2. The van der Waals surface area contributed by atoms with Crippen LogP contribution in [-0.4, -0.2) is 44.2 Å². The lowest BCUT2D eigenvalue weighted by Gasteiger charge is -2.30. The number of ketones is 1. The van der Waals surface area contributed by atoms with Crippen molar-refractivity contribution < 1.29 is 35.9 Å². The number of Topliss-reactive ketones (excluding diaryl/α,β-unsaturated/α-hetero) is 1. The number of piperidine rings is 1. The topological polar surface area (TPSA) is 80.8 Å². The number of halogens is 4. The maximum Gasteiger partial charge on any atom is 0.417 e. The summed E-state index contributed by atoms with van der Waals surface area (Å²) in [6.45, 7) is -0.753. The van der Waals surface area contributed by atoms with Gasteiger partial charge in [-0.25, -0.2) is 8.42 Å². The summed E-state index contributed by atoms with van der Waals surface area (Å²) in [6, 6.07) is 10.0. The molecule has 0 atom stereocenters. The molecule has 0 aliphatic carbocycles. The van der Waals surface area contributed by atoms with Crippen LogP contribution in [0.3, 0.4) is 0 Å². The molecule has 0 bridgehead atoms. The molecule has 3 rings (SSSR count). The Morgan fingerprint density at radius 1 is 1.03 bits per heavy atom. The smallest absolute Gasteiger partial charge is 0.417 e. The maximum absolute atomic E-state index is 13.2. The van der Waals surface area contributed by atoms with E-state index < -0.39 is 50.9 Å². The molecule has 1 fully saturated rings. The van der Waals surface area contributed by atoms with Gasteiger partial charge in [-0.3, -0.25) is 9.59 Å². The Bertz CT molecular complexity index is 1100. The lowest BCUT2D eigenvalue weighted by Crippen LogP contribution is -2.41. The number of ether oxygens (including phenoxy) is 1. The zero-order chi connectivity index (χ0) is 23.5. The van der Waals surface area contributed by atoms with Crippen LogP contribution in [0.4, 0.5) is 13.2 Å². The highest BCUT2D eigenvalue weighted by Crippen LogP contribution is 2.36. The summed E-state index contributed by atoms with van der Waals surface area (Å²) in [7, 11) is -4.39. The summed E-state index contributed by atoms with van der Waals surface area (Å²) in [5, 5.41) is 0.457. The molecule has 32 heavy (non-hydrogen) atoms. The summed E-state index contributed by atoms with van der Waals surface area (Å²) in [5.41, 5.74) is -0.909. The number of hydrogen-bond donors (Lipinski definition) is 0. The van der Waals surface area contributed by atoms with E-state index in [0.29, 0.717) is 16.7 Å². The van der Waals surface area contributed by atoms with Gasteiger partial charge in [0.05, 0.1) is 16.4 Å². The normalized spacial score (nSPS) is 16.0. The predicted octanol–water partition coefficient (Wildman–Crippen LogP) is 4.19. The van der Waals surface area contributed by atoms with Gasteiger partial charge in [0.1, 0.15) is 0 Å². The average molecular weight is 490 g/mol. The quantitative estimate of drug-likeness (QED) is 0.449. The molecule has 0 unspecified atom stereocenters. The van der Waals surface area contributed by atoms with Crippen molar-refractivity contribution in [2.24, 2.45) is 5.92 Å². The molecule has 6 nitrogen and oxygen atoms in total. The number of nitrogens with zero attached hydrogens (tertiary/aromatic N) is 1. The molecule has 2 aromatic carbocycles. The fourth-order valence-electron chi connectivity index (χ4n) is 3.37. The Kier molecular flexibility index (Phi) is 7.26. The van der Waals surface area contributed by atoms with Crippen molar-refractivity contribution in [1.29, 1.82) is 0 Å². The highest BCUT2D eigenvalue weighted by Gasteiger charge is 2.40. The van der Waals surface area contributed by atoms with E-state index in [1.165, 1.54) is 30.3 Å². The zero-order valence-electron chi connectivity index (χ0n) is 16.6. The molecule has 1 aliphatic rings. The largest absolute Gasteiger partial charge is 0.457 e. The molecule has 0 saturated carbocycles. The molecule has 1 heterocycles. The molecule has 172 valence electrons. The lowest BCUT2D eigenvalue weighted by molar-refractivity contribution is -0.148. The fourth-order valence-corrected chi connectivity index (χ4v) is 5.18. The minimum Gasteiger partial charge on any atom is -0.457 e. The second-order valence-corrected chi connectivity index (χ2v) is 9.55. The minimum atomic E-state index is -4.82. The maximum atomic E-state index is 13.2. The van der Waals surface area contributed by atoms with E-state index in [1.807, 2.05) is 0 Å². The van der Waals surface area contributed by atoms with E-state index in [9.17, 15) is 31.2 Å². The van der Waals surface area contributed by atoms with Crippen molar-refractivity contribution in [3.8, 4) is 0 Å². The van der Waals surface area contributed by atoms with E-state index in [0.717, 1.165) is 16.4 Å². The van der Waals surface area contributed by atoms with Crippen LogP contribution in [0, 0.1) is 5.92 Å². The highest BCUT2D eigenvalue weighted by molar-refractivity contribution is 7.89. The molecular formula is C21H19ClF3NO5S. The van der Waals surface area contributed by atoms with Crippen molar-refractivity contribution in [1.82, 2.24) is 4.31 Å². The van der Waals surface area contributed by atoms with E-state index >= 15 is 0 Å². The van der Waals surface area contributed by atoms with E-state index in [2.05, 4.69) is 0 Å². The number of sulfonamides is 1. The van der Waals surface area contributed by atoms with Gasteiger partial charge in [0.2, 0.25) is 10.0 Å². The number of carbonyl (C=O) groups excluding carboxylic acids is 2. The second kappa shape index (κ2) is 9.60. The fraction of sp³-hybridized carbons (Fsp3) is 0.333. The van der Waals surface area contributed by atoms with Gasteiger partial charge >= 0.3 is 12.1 Å². The first-order valence-electron chi connectivity index (χ1n) is 9.62. The summed E-state index contributed by atoms with van der Waals surface area (Å²) >= 11 is 5.76. The number of carbonyl (C=O) groups is 2. The van der Waals surface area contributed by atoms with Crippen molar-refractivity contribution in [3.63, 3.8) is 0 Å². The van der Waals surface area contributed by atoms with Gasteiger partial charge in [-0.1, -0.05) is 23.7 Å². The molecule has 0 amide bonds. The third kappa shape index (κ3) is 5.48. The van der Waals surface area contributed by atoms with Crippen molar-refractivity contribution in [2.45, 2.75) is 23.9 Å². The van der Waals surface area contributed by atoms with Gasteiger partial charge in [-0.05, 0) is 49.2 Å². The molecule has 0 spiro atoms. The molecule has 1 saturated heterocycles. The molecule has 1 aliphatic heterocycles. The van der Waals surface area contributed by atoms with E-state index in [1.54, 1.807) is 0 Å². The van der Waals surface area contributed by atoms with E-state index in [-0.39, 0.29) is 25.9 Å². The van der Waals surface area contributed by atoms with Crippen LogP contribution in [0.1, 0.15) is 28.8 Å². The third-order valence-electron chi connectivity index (χ3n) is 5.11. The number of benzene rings is 2. The van der Waals surface area contributed by atoms with Crippen LogP contribution in [-0.2, 0) is 25.7 Å². The molecular weight excluding hydrogens is 471 g/mol. The highest BCUT2D eigenvalue weighted by atomic mass is 35.5. The van der Waals surface area contributed by atoms with Crippen LogP contribution in [0.5, 0.6) is 0 Å². The molecule has 0 aromatic heterocycles. The number of esters is 1. The Hall–Kier alpha value is -2.43. The Morgan fingerprint density at radius 2 is 1.62 bits per heavy atom. The summed E-state index contributed by atoms with van der Waals surface area (Å²) in [5.74, 6) is -1.73. The van der Waals surface area contributed by atoms with Crippen LogP contribution >= 0.6 is 11.6 Å². The van der Waals surface area contributed by atoms with Crippen LogP contribution in [0.15, 0.2) is 53.4 Å². The van der Waals surface area contributed by atoms with Gasteiger partial charge in [-0.2, -0.15) is 17.5 Å². The zero-order valence-corrected chi connectivity index (χ0v) is 18.2. The molecule has 11 heteroatoms. The summed E-state index contributed by atoms with van der Waals surface area (Å²) in [4.78, 5) is 23.6. The Balaban J connectivity index is 1.59. The Morgan fingerprint density at radius 3 is 2.22 bits per heavy atom. The van der Waals surface area contributed by atoms with Crippen LogP contribution in [0.25, 0.3) is 0 Å². The first-order valence-corrected chi connectivity index (χ1v) is 11.4. The first kappa shape index (κ1) is 24.2.